The van der Waals surface area contributed by atoms with E-state index in [9.17, 15) is 0 Å². The summed E-state index contributed by atoms with van der Waals surface area (Å²) in [4.78, 5) is 0. The Morgan fingerprint density at radius 2 is 2.11 bits per heavy atom. The topological polar surface area (TPSA) is 20.2 Å². The zero-order valence-electron chi connectivity index (χ0n) is 4.63. The molecule has 0 amide bonds. The minimum absolute atomic E-state index is 0.0247. The molecular weight excluding hydrogens is 134 g/mol. The van der Waals surface area contributed by atoms with Gasteiger partial charge in [-0.05, 0) is 6.07 Å². The van der Waals surface area contributed by atoms with Crippen molar-refractivity contribution in [1.82, 2.24) is 0 Å². The van der Waals surface area contributed by atoms with E-state index in [-0.39, 0.29) is 10.8 Å². The molecule has 0 saturated carbocycles. The van der Waals surface area contributed by atoms with Gasteiger partial charge in [-0.1, -0.05) is 29.2 Å². The third kappa shape index (κ3) is 1.19. The predicted molar refractivity (Wildman–Crippen MR) is 38.5 cm³/mol. The highest BCUT2D eigenvalue weighted by Crippen LogP contribution is 2.17. The average molecular weight is 138 g/mol. The minimum atomic E-state index is 0.0247. The summed E-state index contributed by atoms with van der Waals surface area (Å²) >= 11 is 5.50. The first-order chi connectivity index (χ1) is 4.22. The maximum atomic E-state index is 8.89. The Hall–Kier alpha value is -0.625. The van der Waals surface area contributed by atoms with Gasteiger partial charge in [0.1, 0.15) is 13.6 Å². The molecule has 0 fully saturated rings. The van der Waals surface area contributed by atoms with Gasteiger partial charge in [0.15, 0.2) is 0 Å². The van der Waals surface area contributed by atoms with Gasteiger partial charge >= 0.3 is 0 Å². The summed E-state index contributed by atoms with van der Waals surface area (Å²) in [5, 5.41) is 9.11. The van der Waals surface area contributed by atoms with E-state index in [0.29, 0.717) is 5.46 Å². The van der Waals surface area contributed by atoms with Crippen LogP contribution in [0.4, 0.5) is 0 Å². The zero-order valence-corrected chi connectivity index (χ0v) is 5.39. The number of phenols is 1. The standard InChI is InChI=1S/C6H4BClO/c7-4-2-1-3-5(9)6(4)8/h1-3,9H. The van der Waals surface area contributed by atoms with Gasteiger partial charge in [-0.3, -0.25) is 0 Å². The minimum Gasteiger partial charge on any atom is -0.506 e. The van der Waals surface area contributed by atoms with Gasteiger partial charge in [0.05, 0.1) is 5.02 Å². The Morgan fingerprint density at radius 3 is 2.56 bits per heavy atom. The van der Waals surface area contributed by atoms with E-state index in [0.717, 1.165) is 0 Å². The third-order valence-electron chi connectivity index (χ3n) is 1.01. The molecule has 0 unspecified atom stereocenters. The number of aromatic hydroxyl groups is 1. The van der Waals surface area contributed by atoms with Crippen LogP contribution >= 0.6 is 11.6 Å². The van der Waals surface area contributed by atoms with Crippen molar-refractivity contribution in [3.05, 3.63) is 23.2 Å². The van der Waals surface area contributed by atoms with E-state index < -0.39 is 0 Å². The van der Waals surface area contributed by atoms with Crippen molar-refractivity contribution in [2.24, 2.45) is 0 Å². The lowest BCUT2D eigenvalue weighted by molar-refractivity contribution is 0.476. The van der Waals surface area contributed by atoms with Gasteiger partial charge in [0, 0.05) is 0 Å². The van der Waals surface area contributed by atoms with Gasteiger partial charge in [-0.2, -0.15) is 0 Å². The fourth-order valence-electron chi connectivity index (χ4n) is 0.537. The second-order valence-corrected chi connectivity index (χ2v) is 2.06. The van der Waals surface area contributed by atoms with E-state index in [4.69, 9.17) is 24.6 Å². The van der Waals surface area contributed by atoms with E-state index in [1.54, 1.807) is 12.1 Å². The lowest BCUT2D eigenvalue weighted by Gasteiger charge is -1.97. The lowest BCUT2D eigenvalue weighted by Crippen LogP contribution is -2.01. The molecule has 3 heteroatoms. The molecule has 0 spiro atoms. The van der Waals surface area contributed by atoms with Crippen molar-refractivity contribution in [2.75, 3.05) is 0 Å². The molecular formula is C6H4BClO. The van der Waals surface area contributed by atoms with Gasteiger partial charge in [-0.25, -0.2) is 0 Å². The zero-order chi connectivity index (χ0) is 6.85. The number of benzene rings is 1. The fourth-order valence-corrected chi connectivity index (χ4v) is 0.663. The molecule has 1 aromatic carbocycles. The summed E-state index contributed by atoms with van der Waals surface area (Å²) in [7, 11) is 5.33. The van der Waals surface area contributed by atoms with Crippen molar-refractivity contribution in [3.8, 4) is 5.75 Å². The first-order valence-electron chi connectivity index (χ1n) is 2.45. The van der Waals surface area contributed by atoms with Crippen molar-refractivity contribution in [1.29, 1.82) is 0 Å². The summed E-state index contributed by atoms with van der Waals surface area (Å²) in [6.07, 6.45) is 0. The molecule has 0 atom stereocenters. The van der Waals surface area contributed by atoms with Crippen LogP contribution in [-0.4, -0.2) is 13.0 Å². The molecule has 44 valence electrons. The molecule has 0 aliphatic carbocycles. The van der Waals surface area contributed by atoms with E-state index in [1.165, 1.54) is 6.07 Å². The number of phenolic OH excluding ortho intramolecular Hbond substituents is 1. The SMILES string of the molecule is [B]c1cccc(O)c1Cl. The first kappa shape index (κ1) is 6.49. The van der Waals surface area contributed by atoms with Crippen LogP contribution in [0.2, 0.25) is 5.02 Å². The second-order valence-electron chi connectivity index (χ2n) is 1.68. The molecule has 0 aliphatic rings. The number of rotatable bonds is 0. The second kappa shape index (κ2) is 2.32. The fraction of sp³-hybridized carbons (Fsp3) is 0. The Bertz CT molecular complexity index is 204. The highest BCUT2D eigenvalue weighted by Gasteiger charge is 1.96. The molecule has 0 saturated heterocycles. The lowest BCUT2D eigenvalue weighted by atomic mass is 9.96. The van der Waals surface area contributed by atoms with Crippen LogP contribution in [0.5, 0.6) is 5.75 Å². The largest absolute Gasteiger partial charge is 0.506 e. The summed E-state index contributed by atoms with van der Waals surface area (Å²) in [5.41, 5.74) is 0.400. The van der Waals surface area contributed by atoms with Crippen LogP contribution in [-0.2, 0) is 0 Å². The van der Waals surface area contributed by atoms with Crippen molar-refractivity contribution < 1.29 is 5.11 Å². The smallest absolute Gasteiger partial charge is 0.133 e. The number of halogens is 1. The van der Waals surface area contributed by atoms with Crippen LogP contribution in [0, 0.1) is 0 Å². The molecule has 0 aromatic heterocycles. The van der Waals surface area contributed by atoms with Crippen molar-refractivity contribution >= 4 is 24.9 Å². The highest BCUT2D eigenvalue weighted by molar-refractivity contribution is 6.45. The average Bonchev–Trinajstić information content (AvgIpc) is 1.83. The van der Waals surface area contributed by atoms with Crippen molar-refractivity contribution in [3.63, 3.8) is 0 Å². The van der Waals surface area contributed by atoms with Crippen molar-refractivity contribution in [2.45, 2.75) is 0 Å². The Labute approximate surface area is 59.7 Å². The Morgan fingerprint density at radius 1 is 1.44 bits per heavy atom. The molecule has 2 radical (unpaired) electrons. The van der Waals surface area contributed by atoms with E-state index in [1.807, 2.05) is 0 Å². The van der Waals surface area contributed by atoms with Crippen LogP contribution in [0.1, 0.15) is 0 Å². The number of hydrogen-bond acceptors (Lipinski definition) is 1. The maximum Gasteiger partial charge on any atom is 0.133 e. The van der Waals surface area contributed by atoms with E-state index in [2.05, 4.69) is 0 Å². The van der Waals surface area contributed by atoms with E-state index >= 15 is 0 Å². The maximum absolute atomic E-state index is 8.89. The molecule has 1 aromatic rings. The first-order valence-corrected chi connectivity index (χ1v) is 2.82. The van der Waals surface area contributed by atoms with Crippen LogP contribution in [0.15, 0.2) is 18.2 Å². The monoisotopic (exact) mass is 138 g/mol. The number of hydrogen-bond donors (Lipinski definition) is 1. The molecule has 0 bridgehead atoms. The quantitative estimate of drug-likeness (QED) is 0.527. The molecule has 1 N–H and O–H groups in total. The molecule has 1 nitrogen and oxygen atoms in total. The van der Waals surface area contributed by atoms with Crippen LogP contribution in [0.25, 0.3) is 0 Å². The molecule has 0 heterocycles. The van der Waals surface area contributed by atoms with Gasteiger partial charge in [0.2, 0.25) is 0 Å². The predicted octanol–water partition coefficient (Wildman–Crippen LogP) is 0.839. The van der Waals surface area contributed by atoms with Gasteiger partial charge < -0.3 is 5.11 Å². The summed E-state index contributed by atoms with van der Waals surface area (Å²) in [6, 6.07) is 4.75. The van der Waals surface area contributed by atoms with Gasteiger partial charge in [0.25, 0.3) is 0 Å². The van der Waals surface area contributed by atoms with Crippen LogP contribution < -0.4 is 5.46 Å². The molecule has 0 aliphatic heterocycles. The molecule has 1 rings (SSSR count). The Kier molecular flexibility index (Phi) is 1.67. The summed E-state index contributed by atoms with van der Waals surface area (Å²) < 4.78 is 0. The molecule has 9 heavy (non-hydrogen) atoms. The van der Waals surface area contributed by atoms with Crippen LogP contribution in [0.3, 0.4) is 0 Å². The van der Waals surface area contributed by atoms with Gasteiger partial charge in [-0.15, -0.1) is 0 Å². The summed E-state index contributed by atoms with van der Waals surface area (Å²) in [6.45, 7) is 0. The highest BCUT2D eigenvalue weighted by atomic mass is 35.5. The Balaban J connectivity index is 3.25. The summed E-state index contributed by atoms with van der Waals surface area (Å²) in [5.74, 6) is 0.0247. The normalized spacial score (nSPS) is 9.44. The third-order valence-corrected chi connectivity index (χ3v) is 1.42.